The SMILES string of the molecule is CCOC(=O)N1CCC(NC(=O)CSc2nnc(-c3cc4c(s3)CCC(CC)C4)n2C)CC1. The Morgan fingerprint density at radius 1 is 1.24 bits per heavy atom. The van der Waals surface area contributed by atoms with Gasteiger partial charge in [0.1, 0.15) is 0 Å². The maximum absolute atomic E-state index is 12.5. The smallest absolute Gasteiger partial charge is 0.409 e. The van der Waals surface area contributed by atoms with Crippen molar-refractivity contribution in [1.82, 2.24) is 25.0 Å². The molecule has 0 bridgehead atoms. The van der Waals surface area contributed by atoms with Crippen molar-refractivity contribution in [1.29, 1.82) is 0 Å². The molecule has 2 aromatic heterocycles. The summed E-state index contributed by atoms with van der Waals surface area (Å²) < 4.78 is 7.04. The largest absolute Gasteiger partial charge is 0.450 e. The van der Waals surface area contributed by atoms with E-state index < -0.39 is 0 Å². The molecule has 1 unspecified atom stereocenters. The third-order valence-electron chi connectivity index (χ3n) is 6.54. The van der Waals surface area contributed by atoms with Crippen molar-refractivity contribution in [3.63, 3.8) is 0 Å². The first kappa shape index (κ1) is 24.1. The molecule has 2 amide bonds. The standard InChI is InChI=1S/C23H33N5O3S2/c1-4-15-6-7-18-16(12-15)13-19(33-18)21-25-26-22(27(21)3)32-14-20(29)24-17-8-10-28(11-9-17)23(30)31-5-2/h13,15,17H,4-12,14H2,1-3H3,(H,24,29). The van der Waals surface area contributed by atoms with Crippen molar-refractivity contribution in [3.8, 4) is 10.7 Å². The maximum Gasteiger partial charge on any atom is 0.409 e. The highest BCUT2D eigenvalue weighted by Gasteiger charge is 2.25. The van der Waals surface area contributed by atoms with Crippen LogP contribution in [0, 0.1) is 5.92 Å². The van der Waals surface area contributed by atoms with Gasteiger partial charge in [-0.15, -0.1) is 21.5 Å². The van der Waals surface area contributed by atoms with Gasteiger partial charge in [-0.1, -0.05) is 25.1 Å². The second-order valence-electron chi connectivity index (χ2n) is 8.76. The molecule has 8 nitrogen and oxygen atoms in total. The van der Waals surface area contributed by atoms with Crippen LogP contribution in [0.25, 0.3) is 10.7 Å². The van der Waals surface area contributed by atoms with E-state index in [0.717, 1.165) is 41.0 Å². The predicted molar refractivity (Wildman–Crippen MR) is 131 cm³/mol. The molecule has 1 saturated heterocycles. The fourth-order valence-electron chi connectivity index (χ4n) is 4.53. The number of rotatable bonds is 7. The molecule has 33 heavy (non-hydrogen) atoms. The quantitative estimate of drug-likeness (QED) is 0.591. The van der Waals surface area contributed by atoms with Crippen molar-refractivity contribution in [2.45, 2.75) is 63.6 Å². The van der Waals surface area contributed by atoms with Gasteiger partial charge in [0.05, 0.1) is 17.2 Å². The number of nitrogens with zero attached hydrogens (tertiary/aromatic N) is 4. The number of hydrogen-bond acceptors (Lipinski definition) is 7. The maximum atomic E-state index is 12.5. The molecule has 10 heteroatoms. The first-order valence-electron chi connectivity index (χ1n) is 11.8. The summed E-state index contributed by atoms with van der Waals surface area (Å²) in [6.07, 6.45) is 6.06. The average molecular weight is 492 g/mol. The van der Waals surface area contributed by atoms with Gasteiger partial charge in [-0.25, -0.2) is 4.79 Å². The van der Waals surface area contributed by atoms with E-state index >= 15 is 0 Å². The van der Waals surface area contributed by atoms with Crippen LogP contribution >= 0.6 is 23.1 Å². The van der Waals surface area contributed by atoms with Crippen molar-refractivity contribution in [3.05, 3.63) is 16.5 Å². The summed E-state index contributed by atoms with van der Waals surface area (Å²) >= 11 is 3.24. The minimum absolute atomic E-state index is 0.0173. The second kappa shape index (κ2) is 10.9. The number of aromatic nitrogens is 3. The lowest BCUT2D eigenvalue weighted by Crippen LogP contribution is -2.47. The number of ether oxygens (including phenoxy) is 1. The normalized spacial score (nSPS) is 18.8. The number of amides is 2. The molecule has 180 valence electrons. The third kappa shape index (κ3) is 5.71. The Kier molecular flexibility index (Phi) is 7.95. The van der Waals surface area contributed by atoms with Crippen LogP contribution in [-0.2, 0) is 29.4 Å². The molecular weight excluding hydrogens is 458 g/mol. The van der Waals surface area contributed by atoms with Gasteiger partial charge >= 0.3 is 6.09 Å². The summed E-state index contributed by atoms with van der Waals surface area (Å²) in [5.74, 6) is 1.94. The Balaban J connectivity index is 1.28. The molecule has 0 aromatic carbocycles. The Morgan fingerprint density at radius 2 is 2.03 bits per heavy atom. The molecule has 2 aliphatic rings. The van der Waals surface area contributed by atoms with Crippen LogP contribution < -0.4 is 5.32 Å². The molecule has 1 fully saturated rings. The summed E-state index contributed by atoms with van der Waals surface area (Å²) in [6, 6.07) is 2.37. The Labute approximate surface area is 203 Å². The van der Waals surface area contributed by atoms with Gasteiger partial charge in [0.25, 0.3) is 0 Å². The number of likely N-dealkylation sites (tertiary alicyclic amines) is 1. The zero-order valence-corrected chi connectivity index (χ0v) is 21.3. The van der Waals surface area contributed by atoms with Gasteiger partial charge in [-0.2, -0.15) is 0 Å². The fourth-order valence-corrected chi connectivity index (χ4v) is 6.48. The van der Waals surface area contributed by atoms with E-state index in [1.54, 1.807) is 11.8 Å². The summed E-state index contributed by atoms with van der Waals surface area (Å²) in [4.78, 5) is 28.6. The minimum atomic E-state index is -0.271. The van der Waals surface area contributed by atoms with E-state index in [1.165, 1.54) is 41.5 Å². The zero-order valence-electron chi connectivity index (χ0n) is 19.6. The zero-order chi connectivity index (χ0) is 23.4. The van der Waals surface area contributed by atoms with Gasteiger partial charge in [0.15, 0.2) is 11.0 Å². The average Bonchev–Trinajstić information content (AvgIpc) is 3.40. The molecular formula is C23H33N5O3S2. The highest BCUT2D eigenvalue weighted by atomic mass is 32.2. The Hall–Kier alpha value is -2.07. The summed E-state index contributed by atoms with van der Waals surface area (Å²) in [5, 5.41) is 12.6. The van der Waals surface area contributed by atoms with Crippen molar-refractivity contribution in [2.75, 3.05) is 25.4 Å². The minimum Gasteiger partial charge on any atom is -0.450 e. The van der Waals surface area contributed by atoms with Crippen LogP contribution in [0.15, 0.2) is 11.2 Å². The van der Waals surface area contributed by atoms with Crippen molar-refractivity contribution < 1.29 is 14.3 Å². The van der Waals surface area contributed by atoms with Crippen molar-refractivity contribution >= 4 is 35.1 Å². The number of thiophene rings is 1. The number of carbonyl (C=O) groups excluding carboxylic acids is 2. The second-order valence-corrected chi connectivity index (χ2v) is 10.8. The Morgan fingerprint density at radius 3 is 2.76 bits per heavy atom. The molecule has 1 aliphatic carbocycles. The molecule has 4 rings (SSSR count). The number of hydrogen-bond donors (Lipinski definition) is 1. The van der Waals surface area contributed by atoms with E-state index in [0.29, 0.717) is 25.4 Å². The van der Waals surface area contributed by atoms with E-state index in [-0.39, 0.29) is 18.0 Å². The fraction of sp³-hybridized carbons (Fsp3) is 0.652. The molecule has 3 heterocycles. The van der Waals surface area contributed by atoms with Crippen LogP contribution in [0.2, 0.25) is 0 Å². The molecule has 0 spiro atoms. The van der Waals surface area contributed by atoms with Crippen LogP contribution in [0.5, 0.6) is 0 Å². The monoisotopic (exact) mass is 491 g/mol. The number of aryl methyl sites for hydroxylation is 1. The van der Waals surface area contributed by atoms with Crippen molar-refractivity contribution in [2.24, 2.45) is 13.0 Å². The molecule has 0 radical (unpaired) electrons. The van der Waals surface area contributed by atoms with Gasteiger partial charge in [0, 0.05) is 31.1 Å². The van der Waals surface area contributed by atoms with Crippen LogP contribution in [-0.4, -0.2) is 63.2 Å². The van der Waals surface area contributed by atoms with E-state index in [4.69, 9.17) is 4.74 Å². The highest BCUT2D eigenvalue weighted by Crippen LogP contribution is 2.38. The summed E-state index contributed by atoms with van der Waals surface area (Å²) in [7, 11) is 1.97. The topological polar surface area (TPSA) is 89.3 Å². The van der Waals surface area contributed by atoms with E-state index in [2.05, 4.69) is 28.5 Å². The first-order valence-corrected chi connectivity index (χ1v) is 13.6. The first-order chi connectivity index (χ1) is 16.0. The van der Waals surface area contributed by atoms with E-state index in [1.807, 2.05) is 23.0 Å². The van der Waals surface area contributed by atoms with Gasteiger partial charge in [-0.05, 0) is 56.6 Å². The predicted octanol–water partition coefficient (Wildman–Crippen LogP) is 3.89. The number of carbonyl (C=O) groups is 2. The van der Waals surface area contributed by atoms with Crippen LogP contribution in [0.3, 0.4) is 0 Å². The highest BCUT2D eigenvalue weighted by molar-refractivity contribution is 7.99. The van der Waals surface area contributed by atoms with E-state index in [9.17, 15) is 9.59 Å². The summed E-state index contributed by atoms with van der Waals surface area (Å²) in [5.41, 5.74) is 1.47. The number of nitrogens with one attached hydrogen (secondary N) is 1. The third-order valence-corrected chi connectivity index (χ3v) is 8.79. The Bertz CT molecular complexity index is 981. The molecule has 1 aliphatic heterocycles. The van der Waals surface area contributed by atoms with Crippen LogP contribution in [0.1, 0.15) is 50.0 Å². The van der Waals surface area contributed by atoms with Gasteiger partial charge < -0.3 is 19.5 Å². The number of thioether (sulfide) groups is 1. The summed E-state index contributed by atoms with van der Waals surface area (Å²) in [6.45, 7) is 5.67. The molecule has 1 N–H and O–H groups in total. The molecule has 2 aromatic rings. The number of fused-ring (bicyclic) bond motifs is 1. The van der Waals surface area contributed by atoms with Gasteiger partial charge in [0.2, 0.25) is 5.91 Å². The lowest BCUT2D eigenvalue weighted by atomic mass is 9.87. The molecule has 1 atom stereocenters. The molecule has 0 saturated carbocycles. The van der Waals surface area contributed by atoms with Crippen LogP contribution in [0.4, 0.5) is 4.79 Å². The lowest BCUT2D eigenvalue weighted by Gasteiger charge is -2.31. The number of piperidine rings is 1. The lowest BCUT2D eigenvalue weighted by molar-refractivity contribution is -0.119. The van der Waals surface area contributed by atoms with Gasteiger partial charge in [-0.3, -0.25) is 4.79 Å².